The molecule has 0 radical (unpaired) electrons. The number of carbonyl (C=O) groups excluding carboxylic acids is 2. The summed E-state index contributed by atoms with van der Waals surface area (Å²) in [5.74, 6) is -1.41. The van der Waals surface area contributed by atoms with Crippen molar-refractivity contribution in [3.63, 3.8) is 0 Å². The number of ether oxygens (including phenoxy) is 1. The maximum absolute atomic E-state index is 13.5. The number of carboxylic acid groups (broad SMARTS) is 1. The molecule has 0 aromatic heterocycles. The van der Waals surface area contributed by atoms with E-state index in [0.29, 0.717) is 30.0 Å². The summed E-state index contributed by atoms with van der Waals surface area (Å²) in [5, 5.41) is 14.8. The van der Waals surface area contributed by atoms with Gasteiger partial charge in [-0.1, -0.05) is 60.7 Å². The molecule has 4 aromatic carbocycles. The summed E-state index contributed by atoms with van der Waals surface area (Å²) in [6.45, 7) is 0. The van der Waals surface area contributed by atoms with Gasteiger partial charge in [0.25, 0.3) is 0 Å². The van der Waals surface area contributed by atoms with Gasteiger partial charge < -0.3 is 20.5 Å². The smallest absolute Gasteiger partial charge is 0.307 e. The molecule has 0 saturated carbocycles. The van der Waals surface area contributed by atoms with Crippen LogP contribution < -0.4 is 15.4 Å². The predicted octanol–water partition coefficient (Wildman–Crippen LogP) is 7.56. The molecule has 8 heteroatoms. The Morgan fingerprint density at radius 1 is 0.690 bits per heavy atom. The zero-order valence-electron chi connectivity index (χ0n) is 22.7. The van der Waals surface area contributed by atoms with Crippen LogP contribution in [0.5, 0.6) is 11.5 Å². The molecule has 0 spiro atoms. The fraction of sp³-hybridized carbons (Fsp3) is 0.147. The maximum atomic E-state index is 13.5. The second-order valence-electron chi connectivity index (χ2n) is 9.84. The molecule has 3 unspecified atom stereocenters. The Balaban J connectivity index is 1.25. The summed E-state index contributed by atoms with van der Waals surface area (Å²) in [6.07, 6.45) is 4.40. The number of aliphatic carboxylic acids is 1. The van der Waals surface area contributed by atoms with Crippen LogP contribution in [0.3, 0.4) is 0 Å². The minimum Gasteiger partial charge on any atom is -0.481 e. The number of rotatable bonds is 10. The number of hydrogen-bond acceptors (Lipinski definition) is 5. The molecule has 3 N–H and O–H groups in total. The maximum Gasteiger partial charge on any atom is 0.307 e. The third-order valence-corrected chi connectivity index (χ3v) is 8.17. The number of para-hydroxylation sites is 1. The van der Waals surface area contributed by atoms with Crippen LogP contribution in [0, 0.1) is 11.8 Å². The second kappa shape index (κ2) is 13.7. The number of carboxylic acids is 1. The average Bonchev–Trinajstić information content (AvgIpc) is 3.02. The van der Waals surface area contributed by atoms with Gasteiger partial charge in [0.05, 0.1) is 11.8 Å². The highest BCUT2D eigenvalue weighted by atomic mass is 32.2. The fourth-order valence-corrected chi connectivity index (χ4v) is 5.73. The lowest BCUT2D eigenvalue weighted by Crippen LogP contribution is -2.34. The number of nitrogens with one attached hydrogen (secondary N) is 2. The van der Waals surface area contributed by atoms with Crippen LogP contribution in [0.4, 0.5) is 11.4 Å². The summed E-state index contributed by atoms with van der Waals surface area (Å²) in [6, 6.07) is 33.5. The van der Waals surface area contributed by atoms with E-state index < -0.39 is 23.1 Å². The highest BCUT2D eigenvalue weighted by molar-refractivity contribution is 8.00. The first kappa shape index (κ1) is 28.7. The highest BCUT2D eigenvalue weighted by Crippen LogP contribution is 2.37. The summed E-state index contributed by atoms with van der Waals surface area (Å²) in [4.78, 5) is 38.7. The minimum absolute atomic E-state index is 0.176. The van der Waals surface area contributed by atoms with Crippen molar-refractivity contribution in [3.05, 3.63) is 127 Å². The van der Waals surface area contributed by atoms with E-state index >= 15 is 0 Å². The van der Waals surface area contributed by atoms with Gasteiger partial charge in [-0.25, -0.2) is 0 Å². The van der Waals surface area contributed by atoms with Crippen LogP contribution in [0.1, 0.15) is 23.7 Å². The number of allylic oxidation sites excluding steroid dienone is 2. The molecular weight excluding hydrogens is 548 g/mol. The first-order valence-electron chi connectivity index (χ1n) is 13.6. The number of benzene rings is 4. The van der Waals surface area contributed by atoms with Crippen molar-refractivity contribution in [2.75, 3.05) is 10.6 Å². The first-order valence-corrected chi connectivity index (χ1v) is 14.5. The topological polar surface area (TPSA) is 105 Å². The monoisotopic (exact) mass is 578 g/mol. The molecule has 1 aliphatic carbocycles. The summed E-state index contributed by atoms with van der Waals surface area (Å²) < 4.78 is 5.85. The fourth-order valence-electron chi connectivity index (χ4n) is 4.70. The number of carbonyl (C=O) groups is 3. The molecule has 0 saturated heterocycles. The van der Waals surface area contributed by atoms with E-state index in [1.165, 1.54) is 11.8 Å². The first-order chi connectivity index (χ1) is 20.5. The molecule has 1 aliphatic rings. The molecule has 0 bridgehead atoms. The normalized spacial score (nSPS) is 16.7. The third-order valence-electron chi connectivity index (χ3n) is 6.90. The van der Waals surface area contributed by atoms with E-state index in [1.807, 2.05) is 97.1 Å². The van der Waals surface area contributed by atoms with E-state index in [-0.39, 0.29) is 11.8 Å². The Hall–Kier alpha value is -4.82. The van der Waals surface area contributed by atoms with Gasteiger partial charge in [0.2, 0.25) is 11.8 Å². The van der Waals surface area contributed by atoms with Gasteiger partial charge in [0.1, 0.15) is 16.7 Å². The van der Waals surface area contributed by atoms with Crippen LogP contribution in [0.25, 0.3) is 0 Å². The van der Waals surface area contributed by atoms with Crippen LogP contribution in [-0.2, 0) is 14.4 Å². The van der Waals surface area contributed by atoms with Crippen LogP contribution >= 0.6 is 11.8 Å². The van der Waals surface area contributed by atoms with Gasteiger partial charge in [-0.15, -0.1) is 11.8 Å². The molecule has 212 valence electrons. The van der Waals surface area contributed by atoms with Gasteiger partial charge in [0.15, 0.2) is 0 Å². The lowest BCUT2D eigenvalue weighted by Gasteiger charge is -2.24. The summed E-state index contributed by atoms with van der Waals surface area (Å²) >= 11 is 1.40. The lowest BCUT2D eigenvalue weighted by atomic mass is 9.82. The van der Waals surface area contributed by atoms with Crippen LogP contribution in [0.2, 0.25) is 0 Å². The van der Waals surface area contributed by atoms with Gasteiger partial charge in [0, 0.05) is 16.3 Å². The molecule has 42 heavy (non-hydrogen) atoms. The molecule has 2 amide bonds. The highest BCUT2D eigenvalue weighted by Gasteiger charge is 2.34. The number of thioether (sulfide) groups is 1. The Morgan fingerprint density at radius 3 is 1.88 bits per heavy atom. The van der Waals surface area contributed by atoms with Crippen molar-refractivity contribution in [1.82, 2.24) is 0 Å². The standard InChI is InChI=1S/C34H30N2O5S/c37-32(29-13-7-8-14-30(29)34(39)40)35-25-17-21-28(22-18-25)42-31(23-9-3-1-4-10-23)33(38)36-24-15-19-27(20-16-24)41-26-11-5-2-6-12-26/h1-12,15-22,29-31H,13-14H2,(H,35,37)(H,36,38)(H,39,40). The Morgan fingerprint density at radius 2 is 1.24 bits per heavy atom. The van der Waals surface area contributed by atoms with Crippen molar-refractivity contribution >= 4 is 40.9 Å². The number of hydrogen-bond donors (Lipinski definition) is 3. The van der Waals surface area contributed by atoms with E-state index in [9.17, 15) is 19.5 Å². The minimum atomic E-state index is -0.965. The average molecular weight is 579 g/mol. The molecule has 0 aliphatic heterocycles. The van der Waals surface area contributed by atoms with Crippen molar-refractivity contribution in [3.8, 4) is 11.5 Å². The molecule has 4 aromatic rings. The molecule has 0 fully saturated rings. The van der Waals surface area contributed by atoms with Crippen molar-refractivity contribution in [2.45, 2.75) is 23.0 Å². The van der Waals surface area contributed by atoms with Gasteiger partial charge in [-0.3, -0.25) is 14.4 Å². The largest absolute Gasteiger partial charge is 0.481 e. The van der Waals surface area contributed by atoms with Crippen LogP contribution in [-0.4, -0.2) is 22.9 Å². The molecule has 0 heterocycles. The van der Waals surface area contributed by atoms with Gasteiger partial charge >= 0.3 is 5.97 Å². The van der Waals surface area contributed by atoms with Gasteiger partial charge in [-0.05, 0) is 79.1 Å². The van der Waals surface area contributed by atoms with E-state index in [4.69, 9.17) is 4.74 Å². The molecule has 5 rings (SSSR count). The van der Waals surface area contributed by atoms with Gasteiger partial charge in [-0.2, -0.15) is 0 Å². The number of anilines is 2. The van der Waals surface area contributed by atoms with E-state index in [0.717, 1.165) is 16.2 Å². The Labute approximate surface area is 248 Å². The molecule has 3 atom stereocenters. The van der Waals surface area contributed by atoms with E-state index in [1.54, 1.807) is 24.3 Å². The summed E-state index contributed by atoms with van der Waals surface area (Å²) in [7, 11) is 0. The zero-order chi connectivity index (χ0) is 29.3. The molecule has 7 nitrogen and oxygen atoms in total. The second-order valence-corrected chi connectivity index (χ2v) is 11.0. The third kappa shape index (κ3) is 7.47. The predicted molar refractivity (Wildman–Crippen MR) is 165 cm³/mol. The summed E-state index contributed by atoms with van der Waals surface area (Å²) in [5.41, 5.74) is 2.07. The van der Waals surface area contributed by atoms with Crippen molar-refractivity contribution in [1.29, 1.82) is 0 Å². The van der Waals surface area contributed by atoms with E-state index in [2.05, 4.69) is 10.6 Å². The zero-order valence-corrected chi connectivity index (χ0v) is 23.5. The van der Waals surface area contributed by atoms with Crippen LogP contribution in [0.15, 0.2) is 126 Å². The Kier molecular flexibility index (Phi) is 9.36. The van der Waals surface area contributed by atoms with Crippen molar-refractivity contribution in [2.24, 2.45) is 11.8 Å². The Bertz CT molecular complexity index is 1540. The molecular formula is C34H30N2O5S. The SMILES string of the molecule is O=C(Nc1ccc(Oc2ccccc2)cc1)C(Sc1ccc(NC(=O)C2CC=CCC2C(=O)O)cc1)c1ccccc1. The lowest BCUT2D eigenvalue weighted by molar-refractivity contribution is -0.146. The number of amides is 2. The quantitative estimate of drug-likeness (QED) is 0.133. The van der Waals surface area contributed by atoms with Crippen molar-refractivity contribution < 1.29 is 24.2 Å².